The van der Waals surface area contributed by atoms with Crippen molar-refractivity contribution in [3.63, 3.8) is 0 Å². The van der Waals surface area contributed by atoms with Crippen LogP contribution in [-0.2, 0) is 9.53 Å². The molecule has 0 unspecified atom stereocenters. The monoisotopic (exact) mass is 280 g/mol. The summed E-state index contributed by atoms with van der Waals surface area (Å²) in [6.07, 6.45) is 0.211. The number of carbonyl (C=O) groups is 2. The lowest BCUT2D eigenvalue weighted by Gasteiger charge is -2.12. The number of rotatable bonds is 6. The Bertz CT molecular complexity index is 486. The molecule has 0 saturated carbocycles. The van der Waals surface area contributed by atoms with E-state index in [4.69, 9.17) is 10.5 Å². The fourth-order valence-corrected chi connectivity index (χ4v) is 1.59. The van der Waals surface area contributed by atoms with Crippen LogP contribution in [0.4, 0.5) is 5.69 Å². The predicted molar refractivity (Wildman–Crippen MR) is 75.6 cm³/mol. The number of ether oxygens (including phenoxy) is 2. The number of benzene rings is 1. The zero-order valence-electron chi connectivity index (χ0n) is 11.9. The van der Waals surface area contributed by atoms with E-state index in [1.54, 1.807) is 12.1 Å². The molecule has 20 heavy (non-hydrogen) atoms. The van der Waals surface area contributed by atoms with Crippen LogP contribution in [0.1, 0.15) is 30.6 Å². The van der Waals surface area contributed by atoms with Crippen LogP contribution in [0.5, 0.6) is 5.75 Å². The summed E-state index contributed by atoms with van der Waals surface area (Å²) in [6.45, 7) is 3.94. The summed E-state index contributed by atoms with van der Waals surface area (Å²) in [5, 5.41) is 2.76. The standard InChI is InChI=1S/C14H20N2O4/c1-9(2)16-13(17)6-7-20-12-5-4-10(15)8-11(12)14(18)19-3/h4-5,8-9H,6-7,15H2,1-3H3,(H,16,17). The fraction of sp³-hybridized carbons (Fsp3) is 0.429. The first kappa shape index (κ1) is 15.8. The van der Waals surface area contributed by atoms with E-state index in [1.807, 2.05) is 13.8 Å². The SMILES string of the molecule is COC(=O)c1cc(N)ccc1OCCC(=O)NC(C)C. The van der Waals surface area contributed by atoms with Gasteiger partial charge in [0.25, 0.3) is 0 Å². The van der Waals surface area contributed by atoms with Crippen molar-refractivity contribution in [2.24, 2.45) is 0 Å². The number of nitrogens with two attached hydrogens (primary N) is 1. The molecule has 0 aromatic heterocycles. The van der Waals surface area contributed by atoms with E-state index in [0.717, 1.165) is 0 Å². The molecule has 0 radical (unpaired) electrons. The number of hydrogen-bond acceptors (Lipinski definition) is 5. The van der Waals surface area contributed by atoms with Crippen molar-refractivity contribution in [1.29, 1.82) is 0 Å². The largest absolute Gasteiger partial charge is 0.492 e. The predicted octanol–water partition coefficient (Wildman–Crippen LogP) is 1.35. The quantitative estimate of drug-likeness (QED) is 0.606. The Kier molecular flexibility index (Phi) is 5.83. The molecule has 0 bridgehead atoms. The van der Waals surface area contributed by atoms with Gasteiger partial charge in [-0.1, -0.05) is 0 Å². The smallest absolute Gasteiger partial charge is 0.341 e. The average Bonchev–Trinajstić information content (AvgIpc) is 2.38. The minimum atomic E-state index is -0.529. The topological polar surface area (TPSA) is 90.7 Å². The molecule has 1 aromatic rings. The van der Waals surface area contributed by atoms with Gasteiger partial charge in [-0.25, -0.2) is 4.79 Å². The van der Waals surface area contributed by atoms with Crippen LogP contribution in [0.15, 0.2) is 18.2 Å². The molecule has 1 amide bonds. The van der Waals surface area contributed by atoms with Crippen LogP contribution >= 0.6 is 0 Å². The second kappa shape index (κ2) is 7.37. The minimum Gasteiger partial charge on any atom is -0.492 e. The Hall–Kier alpha value is -2.24. The number of hydrogen-bond donors (Lipinski definition) is 2. The third-order valence-electron chi connectivity index (χ3n) is 2.45. The van der Waals surface area contributed by atoms with Crippen molar-refractivity contribution in [2.45, 2.75) is 26.3 Å². The average molecular weight is 280 g/mol. The Morgan fingerprint density at radius 1 is 1.35 bits per heavy atom. The van der Waals surface area contributed by atoms with Gasteiger partial charge in [-0.05, 0) is 32.0 Å². The molecule has 110 valence electrons. The van der Waals surface area contributed by atoms with Gasteiger partial charge in [0.05, 0.1) is 20.1 Å². The van der Waals surface area contributed by atoms with Crippen LogP contribution in [-0.4, -0.2) is 31.6 Å². The van der Waals surface area contributed by atoms with Gasteiger partial charge in [-0.2, -0.15) is 0 Å². The number of carbonyl (C=O) groups excluding carboxylic acids is 2. The van der Waals surface area contributed by atoms with E-state index < -0.39 is 5.97 Å². The molecular formula is C14H20N2O4. The zero-order chi connectivity index (χ0) is 15.1. The highest BCUT2D eigenvalue weighted by molar-refractivity contribution is 5.93. The third kappa shape index (κ3) is 4.79. The van der Waals surface area contributed by atoms with Crippen molar-refractivity contribution in [3.05, 3.63) is 23.8 Å². The molecule has 1 aromatic carbocycles. The molecule has 0 spiro atoms. The number of methoxy groups -OCH3 is 1. The summed E-state index contributed by atoms with van der Waals surface area (Å²) in [7, 11) is 1.28. The van der Waals surface area contributed by atoms with Crippen LogP contribution in [0.2, 0.25) is 0 Å². The van der Waals surface area contributed by atoms with Crippen LogP contribution < -0.4 is 15.8 Å². The van der Waals surface area contributed by atoms with Crippen molar-refractivity contribution in [2.75, 3.05) is 19.5 Å². The van der Waals surface area contributed by atoms with Crippen LogP contribution in [0.25, 0.3) is 0 Å². The molecule has 0 fully saturated rings. The summed E-state index contributed by atoms with van der Waals surface area (Å²) in [4.78, 5) is 23.1. The maximum absolute atomic E-state index is 11.6. The Morgan fingerprint density at radius 3 is 2.65 bits per heavy atom. The first-order valence-corrected chi connectivity index (χ1v) is 6.34. The van der Waals surface area contributed by atoms with Gasteiger partial charge < -0.3 is 20.5 Å². The highest BCUT2D eigenvalue weighted by Crippen LogP contribution is 2.22. The first-order valence-electron chi connectivity index (χ1n) is 6.34. The molecule has 0 heterocycles. The third-order valence-corrected chi connectivity index (χ3v) is 2.45. The zero-order valence-corrected chi connectivity index (χ0v) is 11.9. The highest BCUT2D eigenvalue weighted by Gasteiger charge is 2.14. The molecule has 6 heteroatoms. The first-order chi connectivity index (χ1) is 9.43. The van der Waals surface area contributed by atoms with Gasteiger partial charge in [0.1, 0.15) is 11.3 Å². The normalized spacial score (nSPS) is 10.2. The molecule has 0 saturated heterocycles. The van der Waals surface area contributed by atoms with Crippen molar-refractivity contribution >= 4 is 17.6 Å². The van der Waals surface area contributed by atoms with E-state index in [1.165, 1.54) is 13.2 Å². The van der Waals surface area contributed by atoms with Gasteiger partial charge in [0.15, 0.2) is 0 Å². The lowest BCUT2D eigenvalue weighted by atomic mass is 10.2. The van der Waals surface area contributed by atoms with Crippen molar-refractivity contribution in [3.8, 4) is 5.75 Å². The van der Waals surface area contributed by atoms with Crippen LogP contribution in [0, 0.1) is 0 Å². The maximum atomic E-state index is 11.6. The fourth-order valence-electron chi connectivity index (χ4n) is 1.59. The van der Waals surface area contributed by atoms with Gasteiger partial charge >= 0.3 is 5.97 Å². The lowest BCUT2D eigenvalue weighted by molar-refractivity contribution is -0.122. The van der Waals surface area contributed by atoms with E-state index in [9.17, 15) is 9.59 Å². The Morgan fingerprint density at radius 2 is 2.05 bits per heavy atom. The summed E-state index contributed by atoms with van der Waals surface area (Å²) < 4.78 is 10.1. The molecule has 0 aliphatic heterocycles. The summed E-state index contributed by atoms with van der Waals surface area (Å²) >= 11 is 0. The molecule has 0 atom stereocenters. The molecule has 3 N–H and O–H groups in total. The van der Waals surface area contributed by atoms with Crippen LogP contribution in [0.3, 0.4) is 0 Å². The Labute approximate surface area is 118 Å². The minimum absolute atomic E-state index is 0.0876. The van der Waals surface area contributed by atoms with Gasteiger partial charge in [0, 0.05) is 11.7 Å². The molecule has 6 nitrogen and oxygen atoms in total. The molecule has 1 rings (SSSR count). The van der Waals surface area contributed by atoms with E-state index >= 15 is 0 Å². The highest BCUT2D eigenvalue weighted by atomic mass is 16.5. The van der Waals surface area contributed by atoms with E-state index in [2.05, 4.69) is 10.1 Å². The second-order valence-electron chi connectivity index (χ2n) is 4.57. The van der Waals surface area contributed by atoms with Crippen molar-refractivity contribution < 1.29 is 19.1 Å². The summed E-state index contributed by atoms with van der Waals surface area (Å²) in [5.41, 5.74) is 6.31. The van der Waals surface area contributed by atoms with Gasteiger partial charge in [0.2, 0.25) is 5.91 Å². The number of nitrogen functional groups attached to an aromatic ring is 1. The molecule has 0 aliphatic rings. The molecule has 0 aliphatic carbocycles. The van der Waals surface area contributed by atoms with Crippen molar-refractivity contribution in [1.82, 2.24) is 5.32 Å². The van der Waals surface area contributed by atoms with E-state index in [-0.39, 0.29) is 30.5 Å². The van der Waals surface area contributed by atoms with Gasteiger partial charge in [-0.3, -0.25) is 4.79 Å². The number of amides is 1. The number of esters is 1. The molecular weight excluding hydrogens is 260 g/mol. The summed E-state index contributed by atoms with van der Waals surface area (Å²) in [5.74, 6) is -0.280. The Balaban J connectivity index is 2.64. The van der Waals surface area contributed by atoms with Gasteiger partial charge in [-0.15, -0.1) is 0 Å². The summed E-state index contributed by atoms with van der Waals surface area (Å²) in [6, 6.07) is 4.78. The van der Waals surface area contributed by atoms with E-state index in [0.29, 0.717) is 11.4 Å². The second-order valence-corrected chi connectivity index (χ2v) is 4.57. The maximum Gasteiger partial charge on any atom is 0.341 e. The number of nitrogens with one attached hydrogen (secondary N) is 1. The lowest BCUT2D eigenvalue weighted by Crippen LogP contribution is -2.31. The number of anilines is 1.